The minimum Gasteiger partial charge on any atom is -0.507 e. The highest BCUT2D eigenvalue weighted by atomic mass is 35.5. The number of Topliss-reactive ketones (excluding diaryl/α,β-unsaturated/α-hetero) is 1. The Morgan fingerprint density at radius 3 is 2.31 bits per heavy atom. The van der Waals surface area contributed by atoms with Gasteiger partial charge in [-0.1, -0.05) is 59.1 Å². The molecule has 0 radical (unpaired) electrons. The predicted octanol–water partition coefficient (Wildman–Crippen LogP) is 4.29. The van der Waals surface area contributed by atoms with Crippen LogP contribution >= 0.6 is 23.2 Å². The molecule has 1 aliphatic heterocycles. The number of likely N-dealkylation sites (N-methyl/N-ethyl adjacent to an activating group) is 1. The average molecular weight is 433 g/mol. The van der Waals surface area contributed by atoms with Crippen molar-refractivity contribution in [1.82, 2.24) is 9.80 Å². The first-order valence-electron chi connectivity index (χ1n) is 9.16. The molecule has 0 aliphatic carbocycles. The minimum atomic E-state index is -0.744. The zero-order valence-corrected chi connectivity index (χ0v) is 18.0. The van der Waals surface area contributed by atoms with Gasteiger partial charge in [0.15, 0.2) is 0 Å². The molecule has 0 aromatic heterocycles. The Balaban J connectivity index is 2.16. The molecule has 29 heavy (non-hydrogen) atoms. The molecule has 0 bridgehead atoms. The number of hydrogen-bond donors (Lipinski definition) is 1. The Bertz CT molecular complexity index is 984. The number of carbonyl (C=O) groups excluding carboxylic acids is 2. The summed E-state index contributed by atoms with van der Waals surface area (Å²) in [5, 5.41) is 11.7. The van der Waals surface area contributed by atoms with Crippen LogP contribution in [0.3, 0.4) is 0 Å². The van der Waals surface area contributed by atoms with E-state index in [0.717, 1.165) is 5.56 Å². The van der Waals surface area contributed by atoms with Crippen LogP contribution in [-0.2, 0) is 9.59 Å². The Kier molecular flexibility index (Phi) is 6.32. The number of hydrogen-bond acceptors (Lipinski definition) is 4. The van der Waals surface area contributed by atoms with Crippen molar-refractivity contribution >= 4 is 40.7 Å². The van der Waals surface area contributed by atoms with Crippen LogP contribution in [0.5, 0.6) is 0 Å². The van der Waals surface area contributed by atoms with Crippen molar-refractivity contribution in [2.75, 3.05) is 27.2 Å². The van der Waals surface area contributed by atoms with E-state index in [1.54, 1.807) is 30.3 Å². The molecule has 2 aromatic rings. The Morgan fingerprint density at radius 1 is 1.07 bits per heavy atom. The van der Waals surface area contributed by atoms with Crippen LogP contribution < -0.4 is 0 Å². The number of halogens is 2. The van der Waals surface area contributed by atoms with Crippen molar-refractivity contribution in [2.24, 2.45) is 0 Å². The highest BCUT2D eigenvalue weighted by Crippen LogP contribution is 2.40. The van der Waals surface area contributed by atoms with Gasteiger partial charge in [0, 0.05) is 18.7 Å². The molecule has 7 heteroatoms. The summed E-state index contributed by atoms with van der Waals surface area (Å²) in [7, 11) is 3.77. The van der Waals surface area contributed by atoms with Crippen molar-refractivity contribution < 1.29 is 14.7 Å². The topological polar surface area (TPSA) is 60.9 Å². The van der Waals surface area contributed by atoms with Crippen molar-refractivity contribution in [3.8, 4) is 0 Å². The molecule has 0 unspecified atom stereocenters. The largest absolute Gasteiger partial charge is 0.507 e. The fraction of sp³-hybridized carbons (Fsp3) is 0.273. The molecule has 1 aliphatic rings. The van der Waals surface area contributed by atoms with Gasteiger partial charge in [0.2, 0.25) is 0 Å². The molecule has 0 saturated carbocycles. The summed E-state index contributed by atoms with van der Waals surface area (Å²) in [6.45, 7) is 2.82. The van der Waals surface area contributed by atoms with Crippen molar-refractivity contribution in [3.05, 3.63) is 74.8 Å². The summed E-state index contributed by atoms with van der Waals surface area (Å²) in [6.07, 6.45) is 0. The van der Waals surface area contributed by atoms with Crippen LogP contribution in [0.15, 0.2) is 48.0 Å². The second-order valence-electron chi connectivity index (χ2n) is 7.34. The average Bonchev–Trinajstić information content (AvgIpc) is 2.93. The number of rotatable bonds is 5. The number of nitrogens with zero attached hydrogens (tertiary/aromatic N) is 2. The summed E-state index contributed by atoms with van der Waals surface area (Å²) in [6, 6.07) is 11.4. The van der Waals surface area contributed by atoms with Gasteiger partial charge in [-0.25, -0.2) is 0 Å². The SMILES string of the molecule is Cc1ccc(/C(O)=C2\C(=O)C(=O)N(CCN(C)C)[C@@H]2c2ccc(Cl)c(Cl)c2)cc1. The van der Waals surface area contributed by atoms with Crippen LogP contribution in [0.25, 0.3) is 5.76 Å². The maximum atomic E-state index is 12.9. The van der Waals surface area contributed by atoms with E-state index in [0.29, 0.717) is 34.3 Å². The van der Waals surface area contributed by atoms with Crippen LogP contribution in [0.2, 0.25) is 10.0 Å². The van der Waals surface area contributed by atoms with E-state index in [1.165, 1.54) is 4.90 Å². The molecule has 1 saturated heterocycles. The lowest BCUT2D eigenvalue weighted by Crippen LogP contribution is -2.35. The third kappa shape index (κ3) is 4.32. The zero-order chi connectivity index (χ0) is 21.3. The molecule has 1 atom stereocenters. The van der Waals surface area contributed by atoms with Gasteiger partial charge in [-0.15, -0.1) is 0 Å². The molecule has 1 amide bonds. The van der Waals surface area contributed by atoms with Gasteiger partial charge >= 0.3 is 0 Å². The summed E-state index contributed by atoms with van der Waals surface area (Å²) in [4.78, 5) is 29.1. The maximum Gasteiger partial charge on any atom is 0.295 e. The van der Waals surface area contributed by atoms with E-state index >= 15 is 0 Å². The monoisotopic (exact) mass is 432 g/mol. The van der Waals surface area contributed by atoms with Gasteiger partial charge in [0.1, 0.15) is 5.76 Å². The quantitative estimate of drug-likeness (QED) is 0.434. The Hall–Kier alpha value is -2.34. The van der Waals surface area contributed by atoms with E-state index in [-0.39, 0.29) is 11.3 Å². The number of aliphatic hydroxyl groups is 1. The van der Waals surface area contributed by atoms with E-state index in [1.807, 2.05) is 38.1 Å². The van der Waals surface area contributed by atoms with Gasteiger partial charge in [-0.2, -0.15) is 0 Å². The maximum absolute atomic E-state index is 12.9. The molecule has 3 rings (SSSR count). The third-order valence-electron chi connectivity index (χ3n) is 4.91. The summed E-state index contributed by atoms with van der Waals surface area (Å²) >= 11 is 12.2. The van der Waals surface area contributed by atoms with Crippen LogP contribution in [0, 0.1) is 6.92 Å². The summed E-state index contributed by atoms with van der Waals surface area (Å²) in [5.74, 6) is -1.55. The molecule has 1 fully saturated rings. The molecule has 0 spiro atoms. The molecular weight excluding hydrogens is 411 g/mol. The predicted molar refractivity (Wildman–Crippen MR) is 115 cm³/mol. The molecule has 152 valence electrons. The van der Waals surface area contributed by atoms with E-state index in [2.05, 4.69) is 0 Å². The second kappa shape index (κ2) is 8.57. The lowest BCUT2D eigenvalue weighted by molar-refractivity contribution is -0.140. The van der Waals surface area contributed by atoms with Crippen LogP contribution in [-0.4, -0.2) is 53.8 Å². The number of likely N-dealkylation sites (tertiary alicyclic amines) is 1. The first-order valence-corrected chi connectivity index (χ1v) is 9.91. The number of carbonyl (C=O) groups is 2. The van der Waals surface area contributed by atoms with Crippen molar-refractivity contribution in [3.63, 3.8) is 0 Å². The molecular formula is C22H22Cl2N2O3. The van der Waals surface area contributed by atoms with Gasteiger partial charge in [-0.05, 0) is 38.7 Å². The number of benzene rings is 2. The fourth-order valence-electron chi connectivity index (χ4n) is 3.31. The van der Waals surface area contributed by atoms with Gasteiger partial charge in [0.25, 0.3) is 11.7 Å². The Labute approximate surface area is 180 Å². The number of ketones is 1. The highest BCUT2D eigenvalue weighted by molar-refractivity contribution is 6.46. The van der Waals surface area contributed by atoms with E-state index in [4.69, 9.17) is 23.2 Å². The van der Waals surface area contributed by atoms with Crippen molar-refractivity contribution in [2.45, 2.75) is 13.0 Å². The standard InChI is InChI=1S/C22H22Cl2N2O3/c1-13-4-6-14(7-5-13)20(27)18-19(15-8-9-16(23)17(24)12-15)26(11-10-25(2)3)22(29)21(18)28/h4-9,12,19,27H,10-11H2,1-3H3/b20-18+/t19-/m1/s1. The zero-order valence-electron chi connectivity index (χ0n) is 16.4. The summed E-state index contributed by atoms with van der Waals surface area (Å²) < 4.78 is 0. The molecule has 1 N–H and O–H groups in total. The Morgan fingerprint density at radius 2 is 1.72 bits per heavy atom. The second-order valence-corrected chi connectivity index (χ2v) is 8.15. The van der Waals surface area contributed by atoms with E-state index in [9.17, 15) is 14.7 Å². The first-order chi connectivity index (χ1) is 13.7. The summed E-state index contributed by atoms with van der Waals surface area (Å²) in [5.41, 5.74) is 2.17. The highest BCUT2D eigenvalue weighted by Gasteiger charge is 2.46. The van der Waals surface area contributed by atoms with E-state index < -0.39 is 17.7 Å². The van der Waals surface area contributed by atoms with Crippen LogP contribution in [0.4, 0.5) is 0 Å². The lowest BCUT2D eigenvalue weighted by Gasteiger charge is -2.26. The molecule has 5 nitrogen and oxygen atoms in total. The fourth-order valence-corrected chi connectivity index (χ4v) is 3.62. The van der Waals surface area contributed by atoms with Crippen LogP contribution in [0.1, 0.15) is 22.7 Å². The molecule has 2 aromatic carbocycles. The number of aryl methyl sites for hydroxylation is 1. The van der Waals surface area contributed by atoms with Gasteiger partial charge in [0.05, 0.1) is 21.7 Å². The smallest absolute Gasteiger partial charge is 0.295 e. The third-order valence-corrected chi connectivity index (χ3v) is 5.65. The lowest BCUT2D eigenvalue weighted by atomic mass is 9.95. The number of amides is 1. The van der Waals surface area contributed by atoms with Gasteiger partial charge < -0.3 is 14.9 Å². The van der Waals surface area contributed by atoms with Gasteiger partial charge in [-0.3, -0.25) is 9.59 Å². The normalized spacial score (nSPS) is 18.7. The molecule has 1 heterocycles. The van der Waals surface area contributed by atoms with Crippen molar-refractivity contribution in [1.29, 1.82) is 0 Å². The number of aliphatic hydroxyl groups excluding tert-OH is 1. The first kappa shape index (κ1) is 21.4. The minimum absolute atomic E-state index is 0.0519.